The molecule has 74 valence electrons. The molecule has 0 radical (unpaired) electrons. The van der Waals surface area contributed by atoms with Gasteiger partial charge >= 0.3 is 0 Å². The summed E-state index contributed by atoms with van der Waals surface area (Å²) in [6.45, 7) is 3.90. The fourth-order valence-electron chi connectivity index (χ4n) is 1.20. The molecule has 0 atom stereocenters. The summed E-state index contributed by atoms with van der Waals surface area (Å²) in [5.74, 6) is 1.13. The SMILES string of the molecule is Cc1coc(-c2occ(Cl)c2Cl)c1C. The van der Waals surface area contributed by atoms with Gasteiger partial charge in [-0.3, -0.25) is 0 Å². The Hall–Kier alpha value is -0.860. The summed E-state index contributed by atoms with van der Waals surface area (Å²) in [6, 6.07) is 0. The highest BCUT2D eigenvalue weighted by Gasteiger charge is 2.18. The van der Waals surface area contributed by atoms with Gasteiger partial charge in [0.1, 0.15) is 11.3 Å². The Labute approximate surface area is 91.4 Å². The van der Waals surface area contributed by atoms with Crippen LogP contribution in [0.3, 0.4) is 0 Å². The highest BCUT2D eigenvalue weighted by molar-refractivity contribution is 6.43. The Morgan fingerprint density at radius 3 is 2.07 bits per heavy atom. The van der Waals surface area contributed by atoms with Gasteiger partial charge in [-0.05, 0) is 19.4 Å². The maximum Gasteiger partial charge on any atom is 0.189 e. The van der Waals surface area contributed by atoms with Gasteiger partial charge in [-0.1, -0.05) is 23.2 Å². The van der Waals surface area contributed by atoms with Crippen LogP contribution >= 0.6 is 23.2 Å². The predicted molar refractivity (Wildman–Crippen MR) is 55.9 cm³/mol. The average Bonchev–Trinajstić information content (AvgIpc) is 2.63. The molecule has 0 unspecified atom stereocenters. The summed E-state index contributed by atoms with van der Waals surface area (Å²) in [7, 11) is 0. The van der Waals surface area contributed by atoms with E-state index in [0.29, 0.717) is 21.6 Å². The summed E-state index contributed by atoms with van der Waals surface area (Å²) >= 11 is 11.7. The lowest BCUT2D eigenvalue weighted by Crippen LogP contribution is -1.76. The maximum atomic E-state index is 5.94. The number of hydrogen-bond donors (Lipinski definition) is 0. The summed E-state index contributed by atoms with van der Waals surface area (Å²) in [5, 5.41) is 0.791. The molecule has 0 aliphatic heterocycles. The lowest BCUT2D eigenvalue weighted by Gasteiger charge is -1.94. The Kier molecular flexibility index (Phi) is 2.33. The van der Waals surface area contributed by atoms with Crippen LogP contribution in [0.25, 0.3) is 11.5 Å². The molecule has 0 aliphatic carbocycles. The summed E-state index contributed by atoms with van der Waals surface area (Å²) < 4.78 is 10.6. The molecule has 2 heterocycles. The Morgan fingerprint density at radius 1 is 1.00 bits per heavy atom. The van der Waals surface area contributed by atoms with E-state index >= 15 is 0 Å². The van der Waals surface area contributed by atoms with Gasteiger partial charge in [-0.15, -0.1) is 0 Å². The minimum absolute atomic E-state index is 0.393. The monoisotopic (exact) mass is 230 g/mol. The third-order valence-corrected chi connectivity index (χ3v) is 2.93. The minimum atomic E-state index is 0.393. The molecule has 2 aromatic rings. The number of halogens is 2. The first-order chi connectivity index (χ1) is 6.61. The zero-order chi connectivity index (χ0) is 10.3. The minimum Gasteiger partial charge on any atom is -0.460 e. The van der Waals surface area contributed by atoms with Gasteiger partial charge in [-0.2, -0.15) is 0 Å². The van der Waals surface area contributed by atoms with Crippen molar-refractivity contribution in [2.45, 2.75) is 13.8 Å². The van der Waals surface area contributed by atoms with E-state index < -0.39 is 0 Å². The van der Waals surface area contributed by atoms with Crippen molar-refractivity contribution in [3.8, 4) is 11.5 Å². The van der Waals surface area contributed by atoms with Crippen LogP contribution in [0.4, 0.5) is 0 Å². The van der Waals surface area contributed by atoms with E-state index in [1.807, 2.05) is 13.8 Å². The van der Waals surface area contributed by atoms with Gasteiger partial charge in [0.2, 0.25) is 0 Å². The highest BCUT2D eigenvalue weighted by atomic mass is 35.5. The Morgan fingerprint density at radius 2 is 1.64 bits per heavy atom. The van der Waals surface area contributed by atoms with Gasteiger partial charge in [0.15, 0.2) is 11.5 Å². The van der Waals surface area contributed by atoms with Crippen molar-refractivity contribution in [3.05, 3.63) is 33.7 Å². The smallest absolute Gasteiger partial charge is 0.189 e. The van der Waals surface area contributed by atoms with E-state index in [9.17, 15) is 0 Å². The van der Waals surface area contributed by atoms with Crippen molar-refractivity contribution in [2.75, 3.05) is 0 Å². The van der Waals surface area contributed by atoms with E-state index in [-0.39, 0.29) is 0 Å². The molecule has 0 fully saturated rings. The van der Waals surface area contributed by atoms with Crippen LogP contribution < -0.4 is 0 Å². The molecule has 2 nitrogen and oxygen atoms in total. The van der Waals surface area contributed by atoms with Crippen LogP contribution in [0, 0.1) is 13.8 Å². The van der Waals surface area contributed by atoms with Crippen LogP contribution in [0.2, 0.25) is 10.0 Å². The molecule has 14 heavy (non-hydrogen) atoms. The normalized spacial score (nSPS) is 10.9. The molecule has 0 aromatic carbocycles. The molecule has 0 bridgehead atoms. The zero-order valence-corrected chi connectivity index (χ0v) is 9.24. The fraction of sp³-hybridized carbons (Fsp3) is 0.200. The first-order valence-electron chi connectivity index (χ1n) is 4.08. The molecule has 2 aromatic heterocycles. The summed E-state index contributed by atoms with van der Waals surface area (Å²) in [4.78, 5) is 0. The van der Waals surface area contributed by atoms with Crippen LogP contribution in [0.15, 0.2) is 21.4 Å². The van der Waals surface area contributed by atoms with Gasteiger partial charge in [0, 0.05) is 5.56 Å². The van der Waals surface area contributed by atoms with Gasteiger partial charge in [0.05, 0.1) is 11.3 Å². The van der Waals surface area contributed by atoms with E-state index in [0.717, 1.165) is 11.1 Å². The molecule has 4 heteroatoms. The molecule has 0 spiro atoms. The second-order valence-corrected chi connectivity index (χ2v) is 3.88. The second kappa shape index (κ2) is 3.37. The zero-order valence-electron chi connectivity index (χ0n) is 7.73. The van der Waals surface area contributed by atoms with E-state index in [4.69, 9.17) is 32.0 Å². The van der Waals surface area contributed by atoms with E-state index in [1.165, 1.54) is 6.26 Å². The highest BCUT2D eigenvalue weighted by Crippen LogP contribution is 2.38. The predicted octanol–water partition coefficient (Wildman–Crippen LogP) is 4.46. The fourth-order valence-corrected chi connectivity index (χ4v) is 1.51. The molecule has 0 saturated heterocycles. The van der Waals surface area contributed by atoms with Crippen LogP contribution in [0.5, 0.6) is 0 Å². The first-order valence-corrected chi connectivity index (χ1v) is 4.84. The van der Waals surface area contributed by atoms with E-state index in [2.05, 4.69) is 0 Å². The number of rotatable bonds is 1. The third-order valence-electron chi connectivity index (χ3n) is 2.18. The third kappa shape index (κ3) is 1.35. The molecule has 0 amide bonds. The Balaban J connectivity index is 2.60. The van der Waals surface area contributed by atoms with Crippen LogP contribution in [-0.2, 0) is 0 Å². The number of aryl methyl sites for hydroxylation is 1. The van der Waals surface area contributed by atoms with Crippen molar-refractivity contribution in [2.24, 2.45) is 0 Å². The van der Waals surface area contributed by atoms with Crippen molar-refractivity contribution in [1.29, 1.82) is 0 Å². The standard InChI is InChI=1S/C10H8Cl2O2/c1-5-3-13-9(6(5)2)10-8(12)7(11)4-14-10/h3-4H,1-2H3. The lowest BCUT2D eigenvalue weighted by atomic mass is 10.1. The van der Waals surface area contributed by atoms with E-state index in [1.54, 1.807) is 6.26 Å². The summed E-state index contributed by atoms with van der Waals surface area (Å²) in [6.07, 6.45) is 3.06. The molecular weight excluding hydrogens is 223 g/mol. The van der Waals surface area contributed by atoms with Crippen molar-refractivity contribution in [3.63, 3.8) is 0 Å². The van der Waals surface area contributed by atoms with Gasteiger partial charge in [-0.25, -0.2) is 0 Å². The number of furan rings is 2. The molecule has 2 rings (SSSR count). The van der Waals surface area contributed by atoms with Crippen molar-refractivity contribution in [1.82, 2.24) is 0 Å². The van der Waals surface area contributed by atoms with Gasteiger partial charge < -0.3 is 8.83 Å². The topological polar surface area (TPSA) is 26.3 Å². The van der Waals surface area contributed by atoms with Crippen molar-refractivity contribution < 1.29 is 8.83 Å². The van der Waals surface area contributed by atoms with Crippen LogP contribution in [-0.4, -0.2) is 0 Å². The molecule has 0 N–H and O–H groups in total. The van der Waals surface area contributed by atoms with Crippen LogP contribution in [0.1, 0.15) is 11.1 Å². The molecule has 0 aliphatic rings. The summed E-state index contributed by atoms with van der Waals surface area (Å²) in [5.41, 5.74) is 2.07. The van der Waals surface area contributed by atoms with Crippen molar-refractivity contribution >= 4 is 23.2 Å². The quantitative estimate of drug-likeness (QED) is 0.723. The molecule has 0 saturated carbocycles. The first kappa shape index (κ1) is 9.69. The second-order valence-electron chi connectivity index (χ2n) is 3.10. The van der Waals surface area contributed by atoms with Gasteiger partial charge in [0.25, 0.3) is 0 Å². The lowest BCUT2D eigenvalue weighted by molar-refractivity contribution is 0.522. The average molecular weight is 231 g/mol. The maximum absolute atomic E-state index is 5.94. The Bertz CT molecular complexity index is 424. The number of hydrogen-bond acceptors (Lipinski definition) is 2. The molecular formula is C10H8Cl2O2. The largest absolute Gasteiger partial charge is 0.460 e.